The summed E-state index contributed by atoms with van der Waals surface area (Å²) in [6.45, 7) is 9.35. The van der Waals surface area contributed by atoms with Gasteiger partial charge < -0.3 is 5.11 Å². The van der Waals surface area contributed by atoms with Gasteiger partial charge in [0.1, 0.15) is 11.7 Å². The molecule has 2 N–H and O–H groups in total. The summed E-state index contributed by atoms with van der Waals surface area (Å²) >= 11 is 0. The highest BCUT2D eigenvalue weighted by Gasteiger charge is 2.31. The van der Waals surface area contributed by atoms with E-state index in [4.69, 9.17) is 0 Å². The third-order valence-corrected chi connectivity index (χ3v) is 5.04. The van der Waals surface area contributed by atoms with E-state index < -0.39 is 27.6 Å². The Morgan fingerprint density at radius 3 is 2.17 bits per heavy atom. The maximum absolute atomic E-state index is 13.3. The van der Waals surface area contributed by atoms with Crippen LogP contribution in [0.25, 0.3) is 11.3 Å². The molecule has 0 bridgehead atoms. The Hall–Kier alpha value is -2.61. The molecule has 29 heavy (non-hydrogen) atoms. The summed E-state index contributed by atoms with van der Waals surface area (Å²) in [5, 5.41) is 9.95. The number of pyridine rings is 1. The summed E-state index contributed by atoms with van der Waals surface area (Å²) in [5.74, 6) is -1.15. The first-order valence-electron chi connectivity index (χ1n) is 9.23. The quantitative estimate of drug-likeness (QED) is 0.743. The van der Waals surface area contributed by atoms with E-state index in [0.29, 0.717) is 16.8 Å². The lowest BCUT2D eigenvalue weighted by Gasteiger charge is -2.28. The molecule has 0 aliphatic rings. The van der Waals surface area contributed by atoms with Gasteiger partial charge in [0.05, 0.1) is 11.9 Å². The highest BCUT2D eigenvalue weighted by Crippen LogP contribution is 2.33. The van der Waals surface area contributed by atoms with Gasteiger partial charge >= 0.3 is 5.97 Å². The number of sulfonamides is 1. The molecule has 1 aromatic heterocycles. The van der Waals surface area contributed by atoms with Crippen LogP contribution < -0.4 is 10.3 Å². The van der Waals surface area contributed by atoms with Gasteiger partial charge in [-0.3, -0.25) is 14.1 Å². The molecule has 1 unspecified atom stereocenters. The van der Waals surface area contributed by atoms with E-state index in [1.807, 2.05) is 52.0 Å². The fraction of sp³-hybridized carbons (Fsp3) is 0.429. The summed E-state index contributed by atoms with van der Waals surface area (Å²) in [7, 11) is -3.71. The molecule has 158 valence electrons. The van der Waals surface area contributed by atoms with E-state index in [9.17, 15) is 23.1 Å². The largest absolute Gasteiger partial charge is 0.480 e. The summed E-state index contributed by atoms with van der Waals surface area (Å²) in [5.41, 5.74) is 1.55. The maximum Gasteiger partial charge on any atom is 0.326 e. The second kappa shape index (κ2) is 8.02. The normalized spacial score (nSPS) is 13.2. The second-order valence-electron chi connectivity index (χ2n) is 8.62. The van der Waals surface area contributed by atoms with Crippen LogP contribution in [0.3, 0.4) is 0 Å². The van der Waals surface area contributed by atoms with Crippen LogP contribution in [0.5, 0.6) is 0 Å². The smallest absolute Gasteiger partial charge is 0.326 e. The van der Waals surface area contributed by atoms with E-state index in [0.717, 1.165) is 11.8 Å². The number of aromatic nitrogens is 1. The summed E-state index contributed by atoms with van der Waals surface area (Å²) in [6, 6.07) is 7.71. The highest BCUT2D eigenvalue weighted by molar-refractivity contribution is 7.92. The first kappa shape index (κ1) is 22.7. The number of nitrogens with zero attached hydrogens (tertiary/aromatic N) is 1. The van der Waals surface area contributed by atoms with Gasteiger partial charge in [0.15, 0.2) is 0 Å². The van der Waals surface area contributed by atoms with E-state index in [1.165, 1.54) is 10.6 Å². The van der Waals surface area contributed by atoms with Crippen molar-refractivity contribution in [1.82, 2.24) is 4.57 Å². The third-order valence-electron chi connectivity index (χ3n) is 4.45. The number of anilines is 1. The predicted molar refractivity (Wildman–Crippen MR) is 115 cm³/mol. The topological polar surface area (TPSA) is 105 Å². The molecular weight excluding hydrogens is 392 g/mol. The number of hydrogen-bond donors (Lipinski definition) is 2. The SMILES string of the molecule is Cc1ccc(-c2c(C)cc(NS(C)(=O)=O)c(=O)n2C(CC(C)(C)C)C(=O)O)cc1. The summed E-state index contributed by atoms with van der Waals surface area (Å²) in [4.78, 5) is 25.4. The van der Waals surface area contributed by atoms with Crippen LogP contribution in [-0.4, -0.2) is 30.3 Å². The van der Waals surface area contributed by atoms with Crippen LogP contribution in [0, 0.1) is 19.3 Å². The van der Waals surface area contributed by atoms with Gasteiger partial charge in [-0.25, -0.2) is 13.2 Å². The Morgan fingerprint density at radius 1 is 1.17 bits per heavy atom. The molecular formula is C21H28N2O5S. The number of aliphatic carboxylic acids is 1. The average molecular weight is 421 g/mol. The molecule has 1 heterocycles. The fourth-order valence-electron chi connectivity index (χ4n) is 3.29. The van der Waals surface area contributed by atoms with E-state index in [-0.39, 0.29) is 17.5 Å². The Bertz CT molecular complexity index is 1080. The molecule has 8 heteroatoms. The number of benzene rings is 1. The lowest BCUT2D eigenvalue weighted by Crippen LogP contribution is -2.35. The molecule has 0 saturated carbocycles. The van der Waals surface area contributed by atoms with Crippen molar-refractivity contribution in [1.29, 1.82) is 0 Å². The van der Waals surface area contributed by atoms with Gasteiger partial charge in [0.2, 0.25) is 10.0 Å². The van der Waals surface area contributed by atoms with Crippen molar-refractivity contribution in [2.75, 3.05) is 11.0 Å². The molecule has 0 aliphatic heterocycles. The van der Waals surface area contributed by atoms with Gasteiger partial charge in [-0.15, -0.1) is 0 Å². The number of carbonyl (C=O) groups is 1. The van der Waals surface area contributed by atoms with Gasteiger partial charge in [-0.05, 0) is 42.9 Å². The standard InChI is InChI=1S/C21H28N2O5S/c1-13-7-9-15(10-8-13)18-14(2)11-16(22-29(6,27)28)19(24)23(18)17(20(25)26)12-21(3,4)5/h7-11,17,22H,12H2,1-6H3,(H,25,26). The molecule has 1 aromatic carbocycles. The van der Waals surface area contributed by atoms with E-state index in [2.05, 4.69) is 4.72 Å². The van der Waals surface area contributed by atoms with Crippen LogP contribution >= 0.6 is 0 Å². The molecule has 0 radical (unpaired) electrons. The maximum atomic E-state index is 13.3. The van der Waals surface area contributed by atoms with Crippen molar-refractivity contribution in [3.63, 3.8) is 0 Å². The van der Waals surface area contributed by atoms with Gasteiger partial charge in [0.25, 0.3) is 5.56 Å². The number of carboxylic acids is 1. The van der Waals surface area contributed by atoms with Crippen molar-refractivity contribution < 1.29 is 18.3 Å². The van der Waals surface area contributed by atoms with Crippen LogP contribution in [0.2, 0.25) is 0 Å². The lowest BCUT2D eigenvalue weighted by atomic mass is 9.87. The molecule has 0 aliphatic carbocycles. The van der Waals surface area contributed by atoms with Crippen molar-refractivity contribution in [3.05, 3.63) is 51.8 Å². The number of hydrogen-bond acceptors (Lipinski definition) is 4. The summed E-state index contributed by atoms with van der Waals surface area (Å²) in [6.07, 6.45) is 1.15. The molecule has 0 fully saturated rings. The zero-order valence-electron chi connectivity index (χ0n) is 17.6. The molecule has 7 nitrogen and oxygen atoms in total. The molecule has 0 spiro atoms. The van der Waals surface area contributed by atoms with Gasteiger partial charge in [-0.1, -0.05) is 50.6 Å². The lowest BCUT2D eigenvalue weighted by molar-refractivity contribution is -0.141. The summed E-state index contributed by atoms with van der Waals surface area (Å²) < 4.78 is 26.9. The Labute approximate surface area is 171 Å². The number of nitrogens with one attached hydrogen (secondary N) is 1. The first-order valence-corrected chi connectivity index (χ1v) is 11.1. The Balaban J connectivity index is 2.89. The zero-order valence-corrected chi connectivity index (χ0v) is 18.4. The van der Waals surface area contributed by atoms with Gasteiger partial charge in [-0.2, -0.15) is 0 Å². The minimum absolute atomic E-state index is 0.166. The first-order chi connectivity index (χ1) is 13.2. The van der Waals surface area contributed by atoms with Crippen molar-refractivity contribution in [3.8, 4) is 11.3 Å². The second-order valence-corrected chi connectivity index (χ2v) is 10.4. The predicted octanol–water partition coefficient (Wildman–Crippen LogP) is 3.57. The van der Waals surface area contributed by atoms with Crippen LogP contribution in [0.4, 0.5) is 5.69 Å². The number of carboxylic acid groups (broad SMARTS) is 1. The fourth-order valence-corrected chi connectivity index (χ4v) is 3.83. The number of aryl methyl sites for hydroxylation is 2. The Kier molecular flexibility index (Phi) is 6.27. The van der Waals surface area contributed by atoms with Crippen molar-refractivity contribution >= 4 is 21.7 Å². The molecule has 0 saturated heterocycles. The average Bonchev–Trinajstić information content (AvgIpc) is 2.54. The van der Waals surface area contributed by atoms with Crippen LogP contribution in [0.15, 0.2) is 35.1 Å². The molecule has 1 atom stereocenters. The minimum atomic E-state index is -3.71. The van der Waals surface area contributed by atoms with Crippen molar-refractivity contribution in [2.24, 2.45) is 5.41 Å². The monoisotopic (exact) mass is 420 g/mol. The highest BCUT2D eigenvalue weighted by atomic mass is 32.2. The van der Waals surface area contributed by atoms with E-state index in [1.54, 1.807) is 6.92 Å². The van der Waals surface area contributed by atoms with Gasteiger partial charge in [0, 0.05) is 0 Å². The number of rotatable bonds is 6. The third kappa shape index (κ3) is 5.69. The molecule has 2 rings (SSSR count). The zero-order chi connectivity index (χ0) is 22.1. The van der Waals surface area contributed by atoms with E-state index >= 15 is 0 Å². The molecule has 2 aromatic rings. The molecule has 0 amide bonds. The van der Waals surface area contributed by atoms with Crippen LogP contribution in [-0.2, 0) is 14.8 Å². The van der Waals surface area contributed by atoms with Crippen molar-refractivity contribution in [2.45, 2.75) is 47.1 Å². The Morgan fingerprint density at radius 2 is 1.72 bits per heavy atom. The minimum Gasteiger partial charge on any atom is -0.480 e. The van der Waals surface area contributed by atoms with Crippen LogP contribution in [0.1, 0.15) is 44.4 Å².